The number of hydrogen-bond acceptors (Lipinski definition) is 5. The van der Waals surface area contributed by atoms with Crippen molar-refractivity contribution in [3.63, 3.8) is 0 Å². The smallest absolute Gasteiger partial charge is 0.326 e. The maximum absolute atomic E-state index is 11.3. The molecule has 2 heterocycles. The third-order valence-electron chi connectivity index (χ3n) is 2.24. The van der Waals surface area contributed by atoms with Crippen LogP contribution in [0.3, 0.4) is 0 Å². The maximum Gasteiger partial charge on any atom is 0.326 e. The van der Waals surface area contributed by atoms with Crippen molar-refractivity contribution in [2.45, 2.75) is 24.5 Å². The standard InChI is InChI=1S/C8H10N2O2S2/c1-5-9-10-6(14-5)8(7(11)12)3-2-4-13-8/h2-4H2,1H3,(H,11,12). The highest BCUT2D eigenvalue weighted by atomic mass is 32.2. The number of aryl methyl sites for hydroxylation is 1. The van der Waals surface area contributed by atoms with Gasteiger partial charge in [0.25, 0.3) is 0 Å². The van der Waals surface area contributed by atoms with Crippen molar-refractivity contribution >= 4 is 29.1 Å². The first-order valence-electron chi connectivity index (χ1n) is 4.33. The molecule has 2 rings (SSSR count). The van der Waals surface area contributed by atoms with E-state index < -0.39 is 10.7 Å². The van der Waals surface area contributed by atoms with Crippen molar-refractivity contribution in [1.82, 2.24) is 10.2 Å². The van der Waals surface area contributed by atoms with E-state index in [1.807, 2.05) is 6.92 Å². The van der Waals surface area contributed by atoms with Crippen LogP contribution >= 0.6 is 23.1 Å². The first-order chi connectivity index (χ1) is 6.65. The summed E-state index contributed by atoms with van der Waals surface area (Å²) in [6, 6.07) is 0. The minimum absolute atomic E-state index is 0.644. The van der Waals surface area contributed by atoms with E-state index in [0.717, 1.165) is 17.2 Å². The van der Waals surface area contributed by atoms with E-state index in [1.54, 1.807) is 0 Å². The molecule has 0 spiro atoms. The molecule has 1 unspecified atom stereocenters. The van der Waals surface area contributed by atoms with E-state index in [0.29, 0.717) is 11.4 Å². The van der Waals surface area contributed by atoms with Crippen molar-refractivity contribution in [3.05, 3.63) is 10.0 Å². The van der Waals surface area contributed by atoms with Crippen LogP contribution in [0.4, 0.5) is 0 Å². The van der Waals surface area contributed by atoms with Gasteiger partial charge in [-0.1, -0.05) is 11.3 Å². The predicted molar refractivity (Wildman–Crippen MR) is 55.7 cm³/mol. The molecular formula is C8H10N2O2S2. The molecule has 1 aliphatic rings. The summed E-state index contributed by atoms with van der Waals surface area (Å²) in [5, 5.41) is 18.6. The topological polar surface area (TPSA) is 63.1 Å². The third-order valence-corrected chi connectivity index (χ3v) is 4.93. The molecule has 4 nitrogen and oxygen atoms in total. The van der Waals surface area contributed by atoms with Crippen molar-refractivity contribution in [2.24, 2.45) is 0 Å². The molecule has 1 atom stereocenters. The summed E-state index contributed by atoms with van der Waals surface area (Å²) in [4.78, 5) is 11.3. The molecule has 14 heavy (non-hydrogen) atoms. The van der Waals surface area contributed by atoms with Gasteiger partial charge in [0, 0.05) is 0 Å². The molecule has 1 aliphatic heterocycles. The predicted octanol–water partition coefficient (Wildman–Crippen LogP) is 1.65. The van der Waals surface area contributed by atoms with Crippen molar-refractivity contribution in [1.29, 1.82) is 0 Å². The van der Waals surface area contributed by atoms with Crippen LogP contribution in [0.5, 0.6) is 0 Å². The van der Waals surface area contributed by atoms with Crippen LogP contribution < -0.4 is 0 Å². The van der Waals surface area contributed by atoms with Gasteiger partial charge in [-0.15, -0.1) is 22.0 Å². The third kappa shape index (κ3) is 1.42. The van der Waals surface area contributed by atoms with E-state index in [2.05, 4.69) is 10.2 Å². The van der Waals surface area contributed by atoms with Gasteiger partial charge >= 0.3 is 5.97 Å². The van der Waals surface area contributed by atoms with Gasteiger partial charge in [0.2, 0.25) is 0 Å². The van der Waals surface area contributed by atoms with E-state index >= 15 is 0 Å². The zero-order chi connectivity index (χ0) is 10.2. The molecule has 1 aromatic rings. The summed E-state index contributed by atoms with van der Waals surface area (Å²) < 4.78 is -0.814. The Kier molecular flexibility index (Phi) is 2.48. The lowest BCUT2D eigenvalue weighted by Crippen LogP contribution is -2.29. The molecule has 0 radical (unpaired) electrons. The normalized spacial score (nSPS) is 26.6. The number of thioether (sulfide) groups is 1. The average Bonchev–Trinajstić information content (AvgIpc) is 2.71. The second-order valence-electron chi connectivity index (χ2n) is 3.21. The van der Waals surface area contributed by atoms with Gasteiger partial charge in [-0.05, 0) is 25.5 Å². The molecule has 1 N–H and O–H groups in total. The van der Waals surface area contributed by atoms with Crippen molar-refractivity contribution in [3.8, 4) is 0 Å². The van der Waals surface area contributed by atoms with Gasteiger partial charge in [0.1, 0.15) is 10.0 Å². The lowest BCUT2D eigenvalue weighted by atomic mass is 10.0. The summed E-state index contributed by atoms with van der Waals surface area (Å²) in [6.45, 7) is 1.84. The molecular weight excluding hydrogens is 220 g/mol. The average molecular weight is 230 g/mol. The Morgan fingerprint density at radius 3 is 2.79 bits per heavy atom. The van der Waals surface area contributed by atoms with E-state index in [1.165, 1.54) is 23.1 Å². The van der Waals surface area contributed by atoms with Crippen LogP contribution in [0.25, 0.3) is 0 Å². The maximum atomic E-state index is 11.3. The molecule has 1 fully saturated rings. The van der Waals surface area contributed by atoms with E-state index in [-0.39, 0.29) is 0 Å². The van der Waals surface area contributed by atoms with E-state index in [9.17, 15) is 9.90 Å². The van der Waals surface area contributed by atoms with Gasteiger partial charge in [0.15, 0.2) is 4.75 Å². The first kappa shape index (κ1) is 9.92. The monoisotopic (exact) mass is 230 g/mol. The Morgan fingerprint density at radius 1 is 1.57 bits per heavy atom. The van der Waals surface area contributed by atoms with Crippen LogP contribution in [0, 0.1) is 6.92 Å². The van der Waals surface area contributed by atoms with Gasteiger partial charge in [-0.3, -0.25) is 4.79 Å². The number of aliphatic carboxylic acids is 1. The number of carboxylic acids is 1. The summed E-state index contributed by atoms with van der Waals surface area (Å²) in [7, 11) is 0. The molecule has 1 saturated heterocycles. The number of carbonyl (C=O) groups is 1. The quantitative estimate of drug-likeness (QED) is 0.837. The fourth-order valence-electron chi connectivity index (χ4n) is 1.53. The number of hydrogen-bond donors (Lipinski definition) is 1. The lowest BCUT2D eigenvalue weighted by molar-refractivity contribution is -0.140. The number of rotatable bonds is 2. The Morgan fingerprint density at radius 2 is 2.36 bits per heavy atom. The molecule has 1 aromatic heterocycles. The molecule has 0 saturated carbocycles. The minimum Gasteiger partial charge on any atom is -0.480 e. The van der Waals surface area contributed by atoms with E-state index in [4.69, 9.17) is 0 Å². The van der Waals surface area contributed by atoms with Crippen LogP contribution in [0.15, 0.2) is 0 Å². The second-order valence-corrected chi connectivity index (χ2v) is 5.79. The number of aromatic nitrogens is 2. The van der Waals surface area contributed by atoms with Gasteiger partial charge in [-0.2, -0.15) is 0 Å². The minimum atomic E-state index is -0.814. The largest absolute Gasteiger partial charge is 0.480 e. The number of carboxylic acid groups (broad SMARTS) is 1. The highest BCUT2D eigenvalue weighted by Crippen LogP contribution is 2.47. The summed E-state index contributed by atoms with van der Waals surface area (Å²) >= 11 is 2.86. The molecule has 0 amide bonds. The summed E-state index contributed by atoms with van der Waals surface area (Å²) in [5.41, 5.74) is 0. The Bertz CT molecular complexity index is 358. The Labute approximate surface area is 89.7 Å². The van der Waals surface area contributed by atoms with Gasteiger partial charge in [-0.25, -0.2) is 0 Å². The SMILES string of the molecule is Cc1nnc(C2(C(=O)O)CCCS2)s1. The molecule has 0 aromatic carbocycles. The van der Waals surface area contributed by atoms with Gasteiger partial charge in [0.05, 0.1) is 0 Å². The van der Waals surface area contributed by atoms with Crippen molar-refractivity contribution in [2.75, 3.05) is 5.75 Å². The van der Waals surface area contributed by atoms with Crippen LogP contribution in [-0.4, -0.2) is 27.0 Å². The van der Waals surface area contributed by atoms with Crippen LogP contribution in [0.1, 0.15) is 22.9 Å². The zero-order valence-corrected chi connectivity index (χ0v) is 9.32. The summed E-state index contributed by atoms with van der Waals surface area (Å²) in [5.74, 6) is 0.112. The molecule has 6 heteroatoms. The lowest BCUT2D eigenvalue weighted by Gasteiger charge is -2.18. The molecule has 76 valence electrons. The fraction of sp³-hybridized carbons (Fsp3) is 0.625. The first-order valence-corrected chi connectivity index (χ1v) is 6.13. The fourth-order valence-corrected chi connectivity index (χ4v) is 3.84. The van der Waals surface area contributed by atoms with Crippen LogP contribution in [0.2, 0.25) is 0 Å². The molecule has 0 aliphatic carbocycles. The number of nitrogens with zero attached hydrogens (tertiary/aromatic N) is 2. The van der Waals surface area contributed by atoms with Gasteiger partial charge < -0.3 is 5.11 Å². The Balaban J connectivity index is 2.41. The second kappa shape index (κ2) is 3.51. The van der Waals surface area contributed by atoms with Crippen LogP contribution in [-0.2, 0) is 9.54 Å². The highest BCUT2D eigenvalue weighted by Gasteiger charge is 2.46. The summed E-state index contributed by atoms with van der Waals surface area (Å²) in [6.07, 6.45) is 1.61. The highest BCUT2D eigenvalue weighted by molar-refractivity contribution is 8.01. The van der Waals surface area contributed by atoms with Crippen molar-refractivity contribution < 1.29 is 9.90 Å². The molecule has 0 bridgehead atoms. The zero-order valence-electron chi connectivity index (χ0n) is 7.69. The Hall–Kier alpha value is -0.620.